The number of carbonyl (C=O) groups is 3. The van der Waals surface area contributed by atoms with E-state index in [1.54, 1.807) is 18.2 Å². The lowest BCUT2D eigenvalue weighted by Crippen LogP contribution is -2.50. The van der Waals surface area contributed by atoms with Gasteiger partial charge in [-0.05, 0) is 43.2 Å². The first-order chi connectivity index (χ1) is 15.2. The molecule has 1 spiro atoms. The Hall–Kier alpha value is -3.11. The molecule has 2 fully saturated rings. The number of amides is 4. The molecule has 0 bridgehead atoms. The predicted octanol–water partition coefficient (Wildman–Crippen LogP) is 3.04. The van der Waals surface area contributed by atoms with Crippen LogP contribution in [0.4, 0.5) is 10.5 Å². The molecule has 0 radical (unpaired) electrons. The van der Waals surface area contributed by atoms with Crippen molar-refractivity contribution < 1.29 is 22.8 Å². The molecule has 0 atom stereocenters. The van der Waals surface area contributed by atoms with Crippen molar-refractivity contribution in [3.63, 3.8) is 0 Å². The van der Waals surface area contributed by atoms with Gasteiger partial charge in [-0.3, -0.25) is 19.7 Å². The topological polar surface area (TPSA) is 125 Å². The zero-order valence-corrected chi connectivity index (χ0v) is 18.5. The normalized spacial score (nSPS) is 17.8. The van der Waals surface area contributed by atoms with Crippen molar-refractivity contribution in [1.82, 2.24) is 15.8 Å². The van der Waals surface area contributed by atoms with E-state index in [-0.39, 0.29) is 21.2 Å². The van der Waals surface area contributed by atoms with E-state index in [0.717, 1.165) is 25.3 Å². The number of nitrogens with zero attached hydrogens (tertiary/aromatic N) is 1. The summed E-state index contributed by atoms with van der Waals surface area (Å²) in [5, 5.41) is 3.60. The summed E-state index contributed by atoms with van der Waals surface area (Å²) in [6.45, 7) is 0. The number of carbonyl (C=O) groups excluding carboxylic acids is 3. The largest absolute Gasteiger partial charge is 0.344 e. The van der Waals surface area contributed by atoms with Crippen molar-refractivity contribution in [2.45, 2.75) is 42.5 Å². The number of hydrazine groups is 1. The number of sulfonamides is 1. The van der Waals surface area contributed by atoms with Crippen LogP contribution in [0.5, 0.6) is 0 Å². The van der Waals surface area contributed by atoms with Crippen molar-refractivity contribution in [1.29, 1.82) is 0 Å². The Balaban J connectivity index is 1.52. The van der Waals surface area contributed by atoms with Crippen LogP contribution < -0.4 is 15.5 Å². The SMILES string of the molecule is O=C(NN1C(=O)NC2(CCCCC2)C1=O)c1cccc(S(=O)(=O)Nc2ccccc2Cl)c1. The maximum atomic E-state index is 12.8. The standard InChI is InChI=1S/C21H21ClN4O5S/c22-16-9-2-3-10-17(16)25-32(30,31)15-8-6-7-14(13-15)18(27)24-26-19(28)21(23-20(26)29)11-4-1-5-12-21/h2-3,6-10,13,25H,1,4-5,11-12H2,(H,23,29)(H,24,27). The third-order valence-electron chi connectivity index (χ3n) is 5.61. The summed E-state index contributed by atoms with van der Waals surface area (Å²) in [5.41, 5.74) is 1.49. The van der Waals surface area contributed by atoms with E-state index >= 15 is 0 Å². The molecule has 1 saturated carbocycles. The molecule has 32 heavy (non-hydrogen) atoms. The lowest BCUT2D eigenvalue weighted by Gasteiger charge is -2.30. The number of benzene rings is 2. The van der Waals surface area contributed by atoms with Crippen LogP contribution in [0.3, 0.4) is 0 Å². The lowest BCUT2D eigenvalue weighted by atomic mass is 9.82. The predicted molar refractivity (Wildman–Crippen MR) is 117 cm³/mol. The summed E-state index contributed by atoms with van der Waals surface area (Å²) in [6.07, 6.45) is 3.65. The van der Waals surface area contributed by atoms with E-state index in [1.165, 1.54) is 24.3 Å². The van der Waals surface area contributed by atoms with Crippen molar-refractivity contribution >= 4 is 45.2 Å². The third-order valence-corrected chi connectivity index (χ3v) is 7.30. The number of hydrogen-bond acceptors (Lipinski definition) is 5. The lowest BCUT2D eigenvalue weighted by molar-refractivity contribution is -0.134. The Bertz CT molecular complexity index is 1190. The first kappa shape index (κ1) is 22.1. The van der Waals surface area contributed by atoms with Gasteiger partial charge in [-0.1, -0.05) is 49.1 Å². The number of hydrogen-bond donors (Lipinski definition) is 3. The second-order valence-electron chi connectivity index (χ2n) is 7.77. The summed E-state index contributed by atoms with van der Waals surface area (Å²) in [6, 6.07) is 10.9. The van der Waals surface area contributed by atoms with Gasteiger partial charge in [0, 0.05) is 5.56 Å². The van der Waals surface area contributed by atoms with Gasteiger partial charge < -0.3 is 5.32 Å². The second-order valence-corrected chi connectivity index (χ2v) is 9.86. The highest BCUT2D eigenvalue weighted by atomic mass is 35.5. The highest BCUT2D eigenvalue weighted by Crippen LogP contribution is 2.33. The third kappa shape index (κ3) is 4.15. The highest BCUT2D eigenvalue weighted by molar-refractivity contribution is 7.92. The number of imide groups is 1. The maximum Gasteiger partial charge on any atom is 0.344 e. The molecule has 0 unspecified atom stereocenters. The zero-order valence-electron chi connectivity index (χ0n) is 16.9. The highest BCUT2D eigenvalue weighted by Gasteiger charge is 2.52. The van der Waals surface area contributed by atoms with Crippen molar-refractivity contribution in [2.75, 3.05) is 4.72 Å². The summed E-state index contributed by atoms with van der Waals surface area (Å²) < 4.78 is 27.9. The minimum Gasteiger partial charge on any atom is -0.322 e. The molecule has 1 aliphatic heterocycles. The molecule has 4 rings (SSSR count). The van der Waals surface area contributed by atoms with Crippen molar-refractivity contribution in [3.05, 3.63) is 59.1 Å². The van der Waals surface area contributed by atoms with Crippen LogP contribution in [-0.4, -0.2) is 36.8 Å². The van der Waals surface area contributed by atoms with Crippen LogP contribution in [0.25, 0.3) is 0 Å². The fraction of sp³-hybridized carbons (Fsp3) is 0.286. The van der Waals surface area contributed by atoms with Crippen molar-refractivity contribution in [3.8, 4) is 0 Å². The molecule has 1 saturated heterocycles. The van der Waals surface area contributed by atoms with Gasteiger partial charge in [-0.25, -0.2) is 13.2 Å². The van der Waals surface area contributed by atoms with Crippen LogP contribution in [-0.2, 0) is 14.8 Å². The smallest absolute Gasteiger partial charge is 0.322 e. The van der Waals surface area contributed by atoms with Crippen molar-refractivity contribution in [2.24, 2.45) is 0 Å². The van der Waals surface area contributed by atoms with Crippen LogP contribution in [0, 0.1) is 0 Å². The fourth-order valence-electron chi connectivity index (χ4n) is 3.93. The van der Waals surface area contributed by atoms with Crippen LogP contribution in [0.2, 0.25) is 5.02 Å². The molecule has 1 aliphatic carbocycles. The van der Waals surface area contributed by atoms with Crippen LogP contribution in [0.15, 0.2) is 53.4 Å². The first-order valence-electron chi connectivity index (χ1n) is 10.1. The van der Waals surface area contributed by atoms with Gasteiger partial charge in [0.15, 0.2) is 0 Å². The van der Waals surface area contributed by atoms with Gasteiger partial charge in [0.1, 0.15) is 5.54 Å². The van der Waals surface area contributed by atoms with Crippen LogP contribution in [0.1, 0.15) is 42.5 Å². The zero-order chi connectivity index (χ0) is 22.9. The molecular formula is C21H21ClN4O5S. The number of rotatable bonds is 5. The second kappa shape index (κ2) is 8.44. The van der Waals surface area contributed by atoms with Gasteiger partial charge in [-0.2, -0.15) is 5.01 Å². The molecule has 2 aromatic carbocycles. The van der Waals surface area contributed by atoms with E-state index in [9.17, 15) is 22.8 Å². The Morgan fingerprint density at radius 1 is 1.03 bits per heavy atom. The monoisotopic (exact) mass is 476 g/mol. The number of nitrogens with one attached hydrogen (secondary N) is 3. The number of para-hydroxylation sites is 1. The molecule has 0 aromatic heterocycles. The number of halogens is 1. The number of anilines is 1. The van der Waals surface area contributed by atoms with E-state index in [4.69, 9.17) is 11.6 Å². The summed E-state index contributed by atoms with van der Waals surface area (Å²) in [4.78, 5) is 37.7. The Morgan fingerprint density at radius 2 is 1.75 bits per heavy atom. The van der Waals surface area contributed by atoms with Gasteiger partial charge >= 0.3 is 6.03 Å². The van der Waals surface area contributed by atoms with Gasteiger partial charge in [0.2, 0.25) is 0 Å². The fourth-order valence-corrected chi connectivity index (χ4v) is 5.30. The average Bonchev–Trinajstić information content (AvgIpc) is 2.99. The summed E-state index contributed by atoms with van der Waals surface area (Å²) >= 11 is 6.02. The van der Waals surface area contributed by atoms with E-state index in [0.29, 0.717) is 17.9 Å². The van der Waals surface area contributed by atoms with E-state index in [2.05, 4.69) is 15.5 Å². The molecule has 1 heterocycles. The minimum absolute atomic E-state index is 0.0303. The number of urea groups is 1. The molecule has 9 nitrogen and oxygen atoms in total. The first-order valence-corrected chi connectivity index (χ1v) is 11.9. The van der Waals surface area contributed by atoms with Gasteiger partial charge in [-0.15, -0.1) is 0 Å². The molecule has 3 N–H and O–H groups in total. The Kier molecular flexibility index (Phi) is 5.83. The average molecular weight is 477 g/mol. The molecule has 2 aromatic rings. The maximum absolute atomic E-state index is 12.8. The Morgan fingerprint density at radius 3 is 2.47 bits per heavy atom. The van der Waals surface area contributed by atoms with Gasteiger partial charge in [0.05, 0.1) is 15.6 Å². The quantitative estimate of drug-likeness (QED) is 0.572. The molecule has 4 amide bonds. The molecular weight excluding hydrogens is 456 g/mol. The molecule has 168 valence electrons. The van der Waals surface area contributed by atoms with Gasteiger partial charge in [0.25, 0.3) is 21.8 Å². The summed E-state index contributed by atoms with van der Waals surface area (Å²) in [7, 11) is -4.04. The minimum atomic E-state index is -4.04. The van der Waals surface area contributed by atoms with E-state index < -0.39 is 33.4 Å². The van der Waals surface area contributed by atoms with E-state index in [1.807, 2.05) is 0 Å². The molecule has 2 aliphatic rings. The Labute approximate surface area is 190 Å². The van der Waals surface area contributed by atoms with Crippen LogP contribution >= 0.6 is 11.6 Å². The summed E-state index contributed by atoms with van der Waals surface area (Å²) in [5.74, 6) is -1.28. The molecule has 11 heteroatoms.